The fourth-order valence-corrected chi connectivity index (χ4v) is 6.14. The predicted octanol–water partition coefficient (Wildman–Crippen LogP) is 4.77. The van der Waals surface area contributed by atoms with Crippen LogP contribution in [0, 0.1) is 0 Å². The van der Waals surface area contributed by atoms with Crippen LogP contribution in [0.15, 0.2) is 55.0 Å². The SMILES string of the molecule is C=C1CCC(N2C(=O)c3cccc4c(C(=O)c5cnn(C6(C)CCN(C(=O)OC(C)(C)C)CC6)c5)ccc2c34)C(=O)N1. The molecule has 1 aromatic heterocycles. The minimum Gasteiger partial charge on any atom is -0.444 e. The fourth-order valence-electron chi connectivity index (χ4n) is 6.14. The maximum atomic E-state index is 13.8. The highest BCUT2D eigenvalue weighted by Gasteiger charge is 2.41. The van der Waals surface area contributed by atoms with Crippen molar-refractivity contribution in [2.75, 3.05) is 18.0 Å². The second kappa shape index (κ2) is 9.82. The minimum atomic E-state index is -0.638. The third-order valence-corrected chi connectivity index (χ3v) is 8.50. The summed E-state index contributed by atoms with van der Waals surface area (Å²) in [7, 11) is 0. The van der Waals surface area contributed by atoms with Crippen LogP contribution in [0.2, 0.25) is 0 Å². The number of aromatic nitrogens is 2. The third kappa shape index (κ3) is 4.64. The number of rotatable bonds is 4. The Labute approximate surface area is 244 Å². The zero-order valence-corrected chi connectivity index (χ0v) is 24.4. The van der Waals surface area contributed by atoms with Crippen molar-refractivity contribution in [3.63, 3.8) is 0 Å². The van der Waals surface area contributed by atoms with Crippen LogP contribution in [0.1, 0.15) is 79.7 Å². The molecule has 2 aromatic carbocycles. The van der Waals surface area contributed by atoms with E-state index in [2.05, 4.69) is 23.9 Å². The molecule has 10 nitrogen and oxygen atoms in total. The van der Waals surface area contributed by atoms with Crippen LogP contribution < -0.4 is 10.2 Å². The van der Waals surface area contributed by atoms with E-state index in [9.17, 15) is 19.2 Å². The molecule has 2 saturated heterocycles. The number of nitrogens with zero attached hydrogens (tertiary/aromatic N) is 4. The average molecular weight is 570 g/mol. The normalized spacial score (nSPS) is 20.2. The lowest BCUT2D eigenvalue weighted by Crippen LogP contribution is -2.51. The molecule has 0 radical (unpaired) electrons. The van der Waals surface area contributed by atoms with Crippen LogP contribution in [0.25, 0.3) is 10.8 Å². The molecule has 0 bridgehead atoms. The van der Waals surface area contributed by atoms with Crippen molar-refractivity contribution in [3.05, 3.63) is 71.7 Å². The molecule has 1 unspecified atom stereocenters. The minimum absolute atomic E-state index is 0.197. The van der Waals surface area contributed by atoms with Gasteiger partial charge in [-0.25, -0.2) is 4.79 Å². The Bertz CT molecular complexity index is 1660. The summed E-state index contributed by atoms with van der Waals surface area (Å²) in [6.45, 7) is 12.5. The van der Waals surface area contributed by atoms with E-state index in [4.69, 9.17) is 4.74 Å². The number of ketones is 1. The number of amides is 3. The molecule has 3 aliphatic rings. The summed E-state index contributed by atoms with van der Waals surface area (Å²) in [5.41, 5.74) is 1.76. The Balaban J connectivity index is 1.25. The molecule has 218 valence electrons. The Kier molecular flexibility index (Phi) is 6.47. The lowest BCUT2D eigenvalue weighted by Gasteiger charge is -2.39. The standard InChI is InChI=1S/C32H35N5O5/c1-19-9-11-25(28(39)34-19)37-24-12-10-22(21-7-6-8-23(26(21)24)29(37)40)27(38)20-17-33-36(18-20)32(5)13-15-35(16-14-32)30(41)42-31(2,3)4/h6-8,10,12,17-18,25H,1,9,11,13-16H2,2-5H3,(H,34,39). The van der Waals surface area contributed by atoms with Crippen LogP contribution in [-0.4, -0.2) is 63.1 Å². The van der Waals surface area contributed by atoms with E-state index in [0.29, 0.717) is 77.6 Å². The summed E-state index contributed by atoms with van der Waals surface area (Å²) in [6.07, 6.45) is 5.45. The van der Waals surface area contributed by atoms with E-state index in [-0.39, 0.29) is 29.2 Å². The van der Waals surface area contributed by atoms with E-state index in [1.807, 2.05) is 31.5 Å². The van der Waals surface area contributed by atoms with Gasteiger partial charge in [0.1, 0.15) is 11.6 Å². The molecule has 6 rings (SSSR count). The first kappa shape index (κ1) is 27.7. The van der Waals surface area contributed by atoms with E-state index in [1.54, 1.807) is 46.5 Å². The number of hydrogen-bond acceptors (Lipinski definition) is 6. The van der Waals surface area contributed by atoms with Crippen molar-refractivity contribution in [3.8, 4) is 0 Å². The summed E-state index contributed by atoms with van der Waals surface area (Å²) in [6, 6.07) is 8.20. The molecule has 3 aliphatic heterocycles. The van der Waals surface area contributed by atoms with Gasteiger partial charge in [0.15, 0.2) is 5.78 Å². The van der Waals surface area contributed by atoms with Crippen molar-refractivity contribution in [2.45, 2.75) is 70.6 Å². The van der Waals surface area contributed by atoms with Crippen LogP contribution in [-0.2, 0) is 15.1 Å². The van der Waals surface area contributed by atoms with E-state index in [1.165, 1.54) is 0 Å². The fraction of sp³-hybridized carbons (Fsp3) is 0.406. The molecular weight excluding hydrogens is 534 g/mol. The number of carbonyl (C=O) groups is 4. The molecule has 1 N–H and O–H groups in total. The van der Waals surface area contributed by atoms with Gasteiger partial charge in [-0.1, -0.05) is 18.7 Å². The Morgan fingerprint density at radius 1 is 1.12 bits per heavy atom. The Hall–Kier alpha value is -4.47. The Morgan fingerprint density at radius 2 is 1.86 bits per heavy atom. The topological polar surface area (TPSA) is 114 Å². The molecule has 3 amide bonds. The molecule has 0 aliphatic carbocycles. The summed E-state index contributed by atoms with van der Waals surface area (Å²) in [4.78, 5) is 55.9. The first-order valence-electron chi connectivity index (χ1n) is 14.3. The molecule has 3 aromatic rings. The zero-order valence-electron chi connectivity index (χ0n) is 24.4. The van der Waals surface area contributed by atoms with Crippen LogP contribution in [0.5, 0.6) is 0 Å². The van der Waals surface area contributed by atoms with Crippen molar-refractivity contribution in [1.29, 1.82) is 0 Å². The van der Waals surface area contributed by atoms with Crippen LogP contribution in [0.3, 0.4) is 0 Å². The lowest BCUT2D eigenvalue weighted by molar-refractivity contribution is -0.122. The van der Waals surface area contributed by atoms with Gasteiger partial charge in [-0.2, -0.15) is 5.10 Å². The molecular formula is C32H35N5O5. The van der Waals surface area contributed by atoms with E-state index in [0.717, 1.165) is 0 Å². The predicted molar refractivity (Wildman–Crippen MR) is 157 cm³/mol. The molecule has 2 fully saturated rings. The van der Waals surface area contributed by atoms with Crippen LogP contribution >= 0.6 is 0 Å². The maximum absolute atomic E-state index is 13.8. The summed E-state index contributed by atoms with van der Waals surface area (Å²) in [5.74, 6) is -0.692. The summed E-state index contributed by atoms with van der Waals surface area (Å²) >= 11 is 0. The van der Waals surface area contributed by atoms with Gasteiger partial charge in [-0.15, -0.1) is 0 Å². The number of carbonyl (C=O) groups excluding carboxylic acids is 4. The van der Waals surface area contributed by atoms with Gasteiger partial charge >= 0.3 is 6.09 Å². The maximum Gasteiger partial charge on any atom is 0.410 e. The number of nitrogens with one attached hydrogen (secondary N) is 1. The zero-order chi connectivity index (χ0) is 30.0. The quantitative estimate of drug-likeness (QED) is 0.453. The second-order valence-electron chi connectivity index (χ2n) is 12.6. The summed E-state index contributed by atoms with van der Waals surface area (Å²) in [5, 5.41) is 8.67. The highest BCUT2D eigenvalue weighted by Crippen LogP contribution is 2.42. The second-order valence-corrected chi connectivity index (χ2v) is 12.6. The smallest absolute Gasteiger partial charge is 0.410 e. The highest BCUT2D eigenvalue weighted by atomic mass is 16.6. The number of likely N-dealkylation sites (tertiary alicyclic amines) is 1. The average Bonchev–Trinajstić information content (AvgIpc) is 3.54. The highest BCUT2D eigenvalue weighted by molar-refractivity contribution is 6.30. The van der Waals surface area contributed by atoms with Gasteiger partial charge in [0.25, 0.3) is 5.91 Å². The largest absolute Gasteiger partial charge is 0.444 e. The van der Waals surface area contributed by atoms with E-state index < -0.39 is 11.6 Å². The van der Waals surface area contributed by atoms with Gasteiger partial charge in [-0.05, 0) is 77.0 Å². The number of hydrogen-bond donors (Lipinski definition) is 1. The monoisotopic (exact) mass is 569 g/mol. The number of benzene rings is 2. The van der Waals surface area contributed by atoms with Crippen molar-refractivity contribution in [1.82, 2.24) is 20.0 Å². The number of ether oxygens (including phenoxy) is 1. The number of piperidine rings is 2. The van der Waals surface area contributed by atoms with Crippen molar-refractivity contribution >= 4 is 40.2 Å². The van der Waals surface area contributed by atoms with Gasteiger partial charge in [0, 0.05) is 41.5 Å². The molecule has 0 saturated carbocycles. The van der Waals surface area contributed by atoms with Crippen molar-refractivity contribution in [2.24, 2.45) is 0 Å². The van der Waals surface area contributed by atoms with E-state index >= 15 is 0 Å². The molecule has 42 heavy (non-hydrogen) atoms. The lowest BCUT2D eigenvalue weighted by atomic mass is 9.90. The number of allylic oxidation sites excluding steroid dienone is 1. The van der Waals surface area contributed by atoms with Gasteiger partial charge in [-0.3, -0.25) is 24.0 Å². The first-order valence-corrected chi connectivity index (χ1v) is 14.3. The van der Waals surface area contributed by atoms with Gasteiger partial charge in [0.05, 0.1) is 23.0 Å². The molecule has 0 spiro atoms. The van der Waals surface area contributed by atoms with Crippen molar-refractivity contribution < 1.29 is 23.9 Å². The first-order chi connectivity index (χ1) is 19.9. The van der Waals surface area contributed by atoms with Gasteiger partial charge < -0.3 is 15.0 Å². The van der Waals surface area contributed by atoms with Crippen LogP contribution in [0.4, 0.5) is 10.5 Å². The Morgan fingerprint density at radius 3 is 2.55 bits per heavy atom. The third-order valence-electron chi connectivity index (χ3n) is 8.50. The molecule has 10 heteroatoms. The molecule has 1 atom stereocenters. The summed E-state index contributed by atoms with van der Waals surface area (Å²) < 4.78 is 7.35. The van der Waals surface area contributed by atoms with Gasteiger partial charge in [0.2, 0.25) is 5.91 Å². The molecule has 4 heterocycles. The number of anilines is 1.